The standard InChI is InChI=1S/C22H24F3N3O2/c1-22(2,3)21(29)27-19(5-4-12-26)20(17-13-15(24)8-11-18(17)25)30-28(27)16-9-6-14(23)7-10-16/h6-11,13H,4-5,12,26H2,1-3H3. The summed E-state index contributed by atoms with van der Waals surface area (Å²) < 4.78 is 41.9. The Morgan fingerprint density at radius 2 is 1.67 bits per heavy atom. The molecule has 0 bridgehead atoms. The fourth-order valence-corrected chi connectivity index (χ4v) is 3.01. The predicted octanol–water partition coefficient (Wildman–Crippen LogP) is 4.75. The molecule has 160 valence electrons. The third-order valence-corrected chi connectivity index (χ3v) is 4.55. The number of carbonyl (C=O) groups excluding carboxylic acids is 1. The molecule has 0 spiro atoms. The summed E-state index contributed by atoms with van der Waals surface area (Å²) in [5.41, 5.74) is 5.44. The third kappa shape index (κ3) is 4.28. The highest BCUT2D eigenvalue weighted by molar-refractivity contribution is 5.87. The molecule has 0 saturated heterocycles. The lowest BCUT2D eigenvalue weighted by Gasteiger charge is -2.33. The Hall–Kier alpha value is -3.00. The number of allylic oxidation sites excluding steroid dienone is 1. The van der Waals surface area contributed by atoms with Crippen LogP contribution in [0.5, 0.6) is 0 Å². The molecule has 1 aliphatic heterocycles. The molecule has 1 amide bonds. The van der Waals surface area contributed by atoms with Gasteiger partial charge in [-0.05, 0) is 61.9 Å². The number of nitrogens with zero attached hydrogens (tertiary/aromatic N) is 2. The molecule has 2 aromatic carbocycles. The Morgan fingerprint density at radius 3 is 2.27 bits per heavy atom. The number of benzene rings is 2. The number of hydrazine groups is 1. The van der Waals surface area contributed by atoms with Crippen molar-refractivity contribution in [2.75, 3.05) is 11.7 Å². The van der Waals surface area contributed by atoms with Gasteiger partial charge in [0.15, 0.2) is 5.76 Å². The van der Waals surface area contributed by atoms with E-state index in [4.69, 9.17) is 10.6 Å². The average molecular weight is 419 g/mol. The Morgan fingerprint density at radius 1 is 1.03 bits per heavy atom. The highest BCUT2D eigenvalue weighted by atomic mass is 19.1. The number of hydrogen-bond donors (Lipinski definition) is 1. The lowest BCUT2D eigenvalue weighted by molar-refractivity contribution is -0.140. The van der Waals surface area contributed by atoms with Gasteiger partial charge in [0.25, 0.3) is 5.91 Å². The number of carbonyl (C=O) groups is 1. The van der Waals surface area contributed by atoms with E-state index in [1.807, 2.05) is 0 Å². The zero-order chi connectivity index (χ0) is 22.1. The van der Waals surface area contributed by atoms with Crippen molar-refractivity contribution in [1.29, 1.82) is 0 Å². The zero-order valence-electron chi connectivity index (χ0n) is 17.1. The van der Waals surface area contributed by atoms with Gasteiger partial charge >= 0.3 is 0 Å². The van der Waals surface area contributed by atoms with Gasteiger partial charge in [-0.3, -0.25) is 4.79 Å². The van der Waals surface area contributed by atoms with Crippen molar-refractivity contribution in [2.24, 2.45) is 11.1 Å². The normalized spacial score (nSPS) is 14.4. The lowest BCUT2D eigenvalue weighted by atomic mass is 9.94. The molecule has 0 unspecified atom stereocenters. The monoisotopic (exact) mass is 419 g/mol. The number of nitrogens with two attached hydrogens (primary N) is 1. The number of amides is 1. The van der Waals surface area contributed by atoms with Crippen molar-refractivity contribution < 1.29 is 22.8 Å². The molecule has 0 saturated carbocycles. The lowest BCUT2D eigenvalue weighted by Crippen LogP contribution is -2.46. The van der Waals surface area contributed by atoms with Crippen molar-refractivity contribution >= 4 is 17.4 Å². The minimum Gasteiger partial charge on any atom is -0.356 e. The van der Waals surface area contributed by atoms with Gasteiger partial charge in [-0.1, -0.05) is 20.8 Å². The maximum Gasteiger partial charge on any atom is 0.253 e. The van der Waals surface area contributed by atoms with E-state index in [1.165, 1.54) is 34.4 Å². The Balaban J connectivity index is 2.19. The van der Waals surface area contributed by atoms with Crippen LogP contribution in [0.3, 0.4) is 0 Å². The van der Waals surface area contributed by atoms with E-state index in [2.05, 4.69) is 0 Å². The van der Waals surface area contributed by atoms with Crippen molar-refractivity contribution in [3.8, 4) is 0 Å². The summed E-state index contributed by atoms with van der Waals surface area (Å²) in [7, 11) is 0. The molecular weight excluding hydrogens is 395 g/mol. The van der Waals surface area contributed by atoms with E-state index in [-0.39, 0.29) is 17.2 Å². The Bertz CT molecular complexity index is 969. The van der Waals surface area contributed by atoms with Crippen LogP contribution in [0.4, 0.5) is 18.9 Å². The summed E-state index contributed by atoms with van der Waals surface area (Å²) in [6.45, 7) is 5.54. The average Bonchev–Trinajstić information content (AvgIpc) is 3.06. The molecule has 8 heteroatoms. The summed E-state index contributed by atoms with van der Waals surface area (Å²) >= 11 is 0. The van der Waals surface area contributed by atoms with Gasteiger partial charge in [-0.15, -0.1) is 5.17 Å². The van der Waals surface area contributed by atoms with E-state index in [0.29, 0.717) is 30.8 Å². The van der Waals surface area contributed by atoms with Crippen molar-refractivity contribution in [1.82, 2.24) is 5.01 Å². The molecule has 0 atom stereocenters. The molecule has 5 nitrogen and oxygen atoms in total. The van der Waals surface area contributed by atoms with E-state index in [1.54, 1.807) is 20.8 Å². The smallest absolute Gasteiger partial charge is 0.253 e. The predicted molar refractivity (Wildman–Crippen MR) is 108 cm³/mol. The van der Waals surface area contributed by atoms with Crippen LogP contribution in [0.2, 0.25) is 0 Å². The molecule has 30 heavy (non-hydrogen) atoms. The fraction of sp³-hybridized carbons (Fsp3) is 0.318. The second kappa shape index (κ2) is 8.39. The number of anilines is 1. The molecule has 3 rings (SSSR count). The van der Waals surface area contributed by atoms with E-state index in [9.17, 15) is 18.0 Å². The van der Waals surface area contributed by atoms with Crippen LogP contribution < -0.4 is 10.9 Å². The van der Waals surface area contributed by atoms with Gasteiger partial charge in [-0.2, -0.15) is 5.01 Å². The van der Waals surface area contributed by atoms with Gasteiger partial charge in [0.05, 0.1) is 11.3 Å². The maximum absolute atomic E-state index is 14.6. The first-order valence-corrected chi connectivity index (χ1v) is 9.60. The number of hydrogen-bond acceptors (Lipinski definition) is 4. The summed E-state index contributed by atoms with van der Waals surface area (Å²) in [6.07, 6.45) is 0.783. The summed E-state index contributed by atoms with van der Waals surface area (Å²) in [5.74, 6) is -2.11. The first-order valence-electron chi connectivity index (χ1n) is 9.60. The van der Waals surface area contributed by atoms with Gasteiger partial charge < -0.3 is 10.6 Å². The van der Waals surface area contributed by atoms with Gasteiger partial charge in [-0.25, -0.2) is 13.2 Å². The molecule has 2 aromatic rings. The van der Waals surface area contributed by atoms with Gasteiger partial charge in [0.1, 0.15) is 23.1 Å². The van der Waals surface area contributed by atoms with Crippen molar-refractivity contribution in [3.63, 3.8) is 0 Å². The Labute approximate surface area is 173 Å². The molecule has 2 N–H and O–H groups in total. The van der Waals surface area contributed by atoms with E-state index < -0.39 is 22.9 Å². The fourth-order valence-electron chi connectivity index (χ4n) is 3.01. The summed E-state index contributed by atoms with van der Waals surface area (Å²) in [5, 5.41) is 2.47. The second-order valence-corrected chi connectivity index (χ2v) is 8.00. The highest BCUT2D eigenvalue weighted by Gasteiger charge is 2.42. The van der Waals surface area contributed by atoms with E-state index in [0.717, 1.165) is 18.2 Å². The SMILES string of the molecule is CC(C)(C)C(=O)N1C(CCCN)=C(c2cc(F)ccc2F)ON1c1ccc(F)cc1. The third-order valence-electron chi connectivity index (χ3n) is 4.55. The molecule has 1 aliphatic rings. The molecule has 1 heterocycles. The van der Waals surface area contributed by atoms with Crippen LogP contribution in [0.25, 0.3) is 5.76 Å². The van der Waals surface area contributed by atoms with Crippen LogP contribution in [0.15, 0.2) is 48.2 Å². The van der Waals surface area contributed by atoms with Gasteiger partial charge in [0, 0.05) is 5.41 Å². The van der Waals surface area contributed by atoms with Crippen molar-refractivity contribution in [3.05, 3.63) is 71.2 Å². The van der Waals surface area contributed by atoms with Crippen LogP contribution in [0, 0.1) is 22.9 Å². The molecule has 0 aliphatic carbocycles. The van der Waals surface area contributed by atoms with Gasteiger partial charge in [0.2, 0.25) is 0 Å². The van der Waals surface area contributed by atoms with Crippen LogP contribution in [-0.2, 0) is 9.63 Å². The molecule has 0 radical (unpaired) electrons. The quantitative estimate of drug-likeness (QED) is 0.760. The number of rotatable bonds is 5. The minimum absolute atomic E-state index is 0.0161. The molecule has 0 aromatic heterocycles. The second-order valence-electron chi connectivity index (χ2n) is 8.00. The first-order chi connectivity index (χ1) is 14.1. The first kappa shape index (κ1) is 21.7. The largest absolute Gasteiger partial charge is 0.356 e. The zero-order valence-corrected chi connectivity index (χ0v) is 17.1. The number of halogens is 3. The van der Waals surface area contributed by atoms with E-state index >= 15 is 0 Å². The molecular formula is C22H24F3N3O2. The Kier molecular flexibility index (Phi) is 6.07. The maximum atomic E-state index is 14.6. The highest BCUT2D eigenvalue weighted by Crippen LogP contribution is 2.40. The summed E-state index contributed by atoms with van der Waals surface area (Å²) in [6, 6.07) is 8.33. The van der Waals surface area contributed by atoms with Crippen molar-refractivity contribution in [2.45, 2.75) is 33.6 Å². The summed E-state index contributed by atoms with van der Waals surface area (Å²) in [4.78, 5) is 19.2. The van der Waals surface area contributed by atoms with Crippen LogP contribution >= 0.6 is 0 Å². The van der Waals surface area contributed by atoms with Crippen LogP contribution in [0.1, 0.15) is 39.2 Å². The molecule has 0 fully saturated rings. The topological polar surface area (TPSA) is 58.8 Å². The van der Waals surface area contributed by atoms with Crippen LogP contribution in [-0.4, -0.2) is 17.5 Å². The minimum atomic E-state index is -0.814.